The summed E-state index contributed by atoms with van der Waals surface area (Å²) in [5.74, 6) is -0.242. The first-order valence-electron chi connectivity index (χ1n) is 8.26. The van der Waals surface area contributed by atoms with E-state index in [1.807, 2.05) is 91.0 Å². The zero-order chi connectivity index (χ0) is 16.8. The highest BCUT2D eigenvalue weighted by Crippen LogP contribution is 2.44. The van der Waals surface area contributed by atoms with Gasteiger partial charge < -0.3 is 10.2 Å². The maximum Gasteiger partial charge on any atom is 0.121 e. The van der Waals surface area contributed by atoms with Crippen LogP contribution in [0.15, 0.2) is 91.0 Å². The third-order valence-corrected chi connectivity index (χ3v) is 4.55. The fraction of sp³-hybridized carbons (Fsp3) is 0.182. The molecule has 1 atom stereocenters. The lowest BCUT2D eigenvalue weighted by Gasteiger charge is -2.37. The van der Waals surface area contributed by atoms with Gasteiger partial charge in [-0.1, -0.05) is 91.0 Å². The molecule has 2 heteroatoms. The van der Waals surface area contributed by atoms with Crippen LogP contribution in [0.5, 0.6) is 0 Å². The Kier molecular flexibility index (Phi) is 5.09. The largest absolute Gasteiger partial charge is 0.396 e. The van der Waals surface area contributed by atoms with Gasteiger partial charge in [-0.05, 0) is 23.1 Å². The quantitative estimate of drug-likeness (QED) is 0.719. The number of rotatable bonds is 6. The zero-order valence-electron chi connectivity index (χ0n) is 13.5. The van der Waals surface area contributed by atoms with Crippen molar-refractivity contribution in [1.82, 2.24) is 0 Å². The van der Waals surface area contributed by atoms with Crippen molar-refractivity contribution in [2.75, 3.05) is 6.61 Å². The van der Waals surface area contributed by atoms with Crippen LogP contribution in [0.25, 0.3) is 0 Å². The van der Waals surface area contributed by atoms with Crippen LogP contribution in [0.3, 0.4) is 0 Å². The number of aliphatic hydroxyl groups is 2. The standard InChI is InChI=1S/C22H22O2/c23-17-16-21(18-10-4-1-5-11-18)22(24,19-12-6-2-7-13-19)20-14-8-3-9-15-20/h1-15,21,23-24H,16-17H2. The molecule has 0 aliphatic carbocycles. The monoisotopic (exact) mass is 318 g/mol. The van der Waals surface area contributed by atoms with Gasteiger partial charge in [0.15, 0.2) is 0 Å². The second-order valence-electron chi connectivity index (χ2n) is 5.97. The number of aliphatic hydroxyl groups excluding tert-OH is 1. The van der Waals surface area contributed by atoms with Gasteiger partial charge >= 0.3 is 0 Å². The average molecular weight is 318 g/mol. The summed E-state index contributed by atoms with van der Waals surface area (Å²) in [6.07, 6.45) is 0.476. The molecule has 0 amide bonds. The lowest BCUT2D eigenvalue weighted by atomic mass is 9.71. The number of benzene rings is 3. The van der Waals surface area contributed by atoms with Crippen molar-refractivity contribution in [1.29, 1.82) is 0 Å². The Balaban J connectivity index is 2.20. The van der Waals surface area contributed by atoms with Crippen molar-refractivity contribution in [3.63, 3.8) is 0 Å². The highest BCUT2D eigenvalue weighted by Gasteiger charge is 2.40. The van der Waals surface area contributed by atoms with Crippen molar-refractivity contribution in [2.24, 2.45) is 0 Å². The highest BCUT2D eigenvalue weighted by atomic mass is 16.3. The minimum atomic E-state index is -1.20. The fourth-order valence-electron chi connectivity index (χ4n) is 3.38. The van der Waals surface area contributed by atoms with Crippen molar-refractivity contribution in [2.45, 2.75) is 17.9 Å². The molecule has 2 N–H and O–H groups in total. The number of hydrogen-bond donors (Lipinski definition) is 2. The molecule has 1 unspecified atom stereocenters. The SMILES string of the molecule is OCCC(c1ccccc1)C(O)(c1ccccc1)c1ccccc1. The molecule has 0 spiro atoms. The Bertz CT molecular complexity index is 699. The van der Waals surface area contributed by atoms with Crippen molar-refractivity contribution in [3.8, 4) is 0 Å². The first-order valence-corrected chi connectivity index (χ1v) is 8.26. The van der Waals surface area contributed by atoms with Gasteiger partial charge in [0.25, 0.3) is 0 Å². The molecule has 2 nitrogen and oxygen atoms in total. The van der Waals surface area contributed by atoms with Gasteiger partial charge in [0.1, 0.15) is 5.60 Å². The molecule has 0 saturated heterocycles. The molecule has 122 valence electrons. The molecule has 0 bridgehead atoms. The molecule has 3 aromatic carbocycles. The second kappa shape index (κ2) is 7.43. The average Bonchev–Trinajstić information content (AvgIpc) is 2.67. The van der Waals surface area contributed by atoms with Crippen molar-refractivity contribution < 1.29 is 10.2 Å². The van der Waals surface area contributed by atoms with Gasteiger partial charge in [-0.3, -0.25) is 0 Å². The lowest BCUT2D eigenvalue weighted by Crippen LogP contribution is -2.35. The molecular formula is C22H22O2. The summed E-state index contributed by atoms with van der Waals surface area (Å²) in [5, 5.41) is 21.5. The Morgan fingerprint density at radius 3 is 1.50 bits per heavy atom. The summed E-state index contributed by atoms with van der Waals surface area (Å²) in [6, 6.07) is 29.3. The van der Waals surface area contributed by atoms with E-state index in [0.29, 0.717) is 6.42 Å². The summed E-state index contributed by atoms with van der Waals surface area (Å²) < 4.78 is 0. The van der Waals surface area contributed by atoms with E-state index in [1.54, 1.807) is 0 Å². The molecule has 0 saturated carbocycles. The first kappa shape index (κ1) is 16.4. The van der Waals surface area contributed by atoms with E-state index in [-0.39, 0.29) is 12.5 Å². The Labute approximate surface area is 143 Å². The third-order valence-electron chi connectivity index (χ3n) is 4.55. The van der Waals surface area contributed by atoms with Crippen LogP contribution in [0.2, 0.25) is 0 Å². The maximum atomic E-state index is 11.9. The van der Waals surface area contributed by atoms with E-state index < -0.39 is 5.60 Å². The molecular weight excluding hydrogens is 296 g/mol. The van der Waals surface area contributed by atoms with E-state index >= 15 is 0 Å². The molecule has 0 heterocycles. The van der Waals surface area contributed by atoms with Gasteiger partial charge in [0.05, 0.1) is 0 Å². The van der Waals surface area contributed by atoms with Crippen LogP contribution in [-0.4, -0.2) is 16.8 Å². The van der Waals surface area contributed by atoms with Gasteiger partial charge in [0.2, 0.25) is 0 Å². The van der Waals surface area contributed by atoms with Crippen LogP contribution in [0.4, 0.5) is 0 Å². The molecule has 24 heavy (non-hydrogen) atoms. The Morgan fingerprint density at radius 1 is 0.667 bits per heavy atom. The molecule has 0 aromatic heterocycles. The summed E-state index contributed by atoms with van der Waals surface area (Å²) in [7, 11) is 0. The smallest absolute Gasteiger partial charge is 0.121 e. The minimum absolute atomic E-state index is 0.0154. The second-order valence-corrected chi connectivity index (χ2v) is 5.97. The first-order chi connectivity index (χ1) is 11.8. The van der Waals surface area contributed by atoms with E-state index in [0.717, 1.165) is 16.7 Å². The summed E-state index contributed by atoms with van der Waals surface area (Å²) in [6.45, 7) is 0.0154. The Hall–Kier alpha value is -2.42. The molecule has 3 rings (SSSR count). The van der Waals surface area contributed by atoms with Crippen LogP contribution >= 0.6 is 0 Å². The Morgan fingerprint density at radius 2 is 1.08 bits per heavy atom. The van der Waals surface area contributed by atoms with Crippen molar-refractivity contribution in [3.05, 3.63) is 108 Å². The van der Waals surface area contributed by atoms with Crippen LogP contribution in [0, 0.1) is 0 Å². The summed E-state index contributed by atoms with van der Waals surface area (Å²) in [4.78, 5) is 0. The van der Waals surface area contributed by atoms with E-state index in [9.17, 15) is 10.2 Å². The van der Waals surface area contributed by atoms with Gasteiger partial charge in [-0.15, -0.1) is 0 Å². The molecule has 3 aromatic rings. The minimum Gasteiger partial charge on any atom is -0.396 e. The lowest BCUT2D eigenvalue weighted by molar-refractivity contribution is 0.0393. The van der Waals surface area contributed by atoms with Crippen molar-refractivity contribution >= 4 is 0 Å². The highest BCUT2D eigenvalue weighted by molar-refractivity contribution is 5.41. The van der Waals surface area contributed by atoms with Gasteiger partial charge in [-0.25, -0.2) is 0 Å². The number of hydrogen-bond acceptors (Lipinski definition) is 2. The molecule has 0 aliphatic heterocycles. The topological polar surface area (TPSA) is 40.5 Å². The predicted molar refractivity (Wildman–Crippen MR) is 96.8 cm³/mol. The fourth-order valence-corrected chi connectivity index (χ4v) is 3.38. The molecule has 0 radical (unpaired) electrons. The van der Waals surface area contributed by atoms with Gasteiger partial charge in [-0.2, -0.15) is 0 Å². The zero-order valence-corrected chi connectivity index (χ0v) is 13.5. The predicted octanol–water partition coefficient (Wildman–Crippen LogP) is 4.09. The third kappa shape index (κ3) is 3.12. The van der Waals surface area contributed by atoms with Gasteiger partial charge in [0, 0.05) is 12.5 Å². The van der Waals surface area contributed by atoms with E-state index in [4.69, 9.17) is 0 Å². The van der Waals surface area contributed by atoms with Crippen LogP contribution < -0.4 is 0 Å². The van der Waals surface area contributed by atoms with Crippen LogP contribution in [0.1, 0.15) is 29.0 Å². The van der Waals surface area contributed by atoms with E-state index in [1.165, 1.54) is 0 Å². The summed E-state index contributed by atoms with van der Waals surface area (Å²) >= 11 is 0. The van der Waals surface area contributed by atoms with E-state index in [2.05, 4.69) is 0 Å². The van der Waals surface area contributed by atoms with Crippen LogP contribution in [-0.2, 0) is 5.60 Å². The maximum absolute atomic E-state index is 11.9. The normalized spacial score (nSPS) is 12.8. The molecule has 0 fully saturated rings. The molecule has 0 aliphatic rings. The summed E-state index contributed by atoms with van der Waals surface area (Å²) in [5.41, 5.74) is 1.48.